The molecule has 5 unspecified atom stereocenters. The number of phosphoric ester groups is 2. The lowest BCUT2D eigenvalue weighted by molar-refractivity contribution is -0.161. The topological polar surface area (TPSA) is 231 Å². The number of hydrogen-bond acceptors (Lipinski definition) is 14. The maximum Gasteiger partial charge on any atom is 0.472 e. The lowest BCUT2D eigenvalue weighted by atomic mass is 10.0. The summed E-state index contributed by atoms with van der Waals surface area (Å²) in [6.45, 7) is 2.38. The zero-order valence-electron chi connectivity index (χ0n) is 65.6. The van der Waals surface area contributed by atoms with Gasteiger partial charge in [0.05, 0.1) is 26.4 Å². The number of esters is 3. The van der Waals surface area contributed by atoms with E-state index in [2.05, 4.69) is 179 Å². The van der Waals surface area contributed by atoms with E-state index in [1.54, 1.807) is 0 Å². The monoisotopic (exact) mass is 1510 g/mol. The average molecular weight is 1510 g/mol. The highest BCUT2D eigenvalue weighted by Gasteiger charge is 2.29. The molecule has 0 bridgehead atoms. The van der Waals surface area contributed by atoms with E-state index in [9.17, 15) is 43.5 Å². The molecule has 0 heterocycles. The molecule has 0 saturated carbocycles. The number of rotatable bonds is 76. The number of ether oxygens (including phenoxy) is 3. The summed E-state index contributed by atoms with van der Waals surface area (Å²) in [5.41, 5.74) is 0. The molecule has 0 radical (unpaired) electrons. The van der Waals surface area contributed by atoms with E-state index in [4.69, 9.17) is 32.3 Å². The summed E-state index contributed by atoms with van der Waals surface area (Å²) in [6, 6.07) is 0. The maximum absolute atomic E-state index is 13.0. The van der Waals surface area contributed by atoms with Gasteiger partial charge in [0.25, 0.3) is 0 Å². The number of aliphatic hydroxyl groups is 2. The van der Waals surface area contributed by atoms with Crippen molar-refractivity contribution in [3.8, 4) is 0 Å². The van der Waals surface area contributed by atoms with Gasteiger partial charge in [-0.25, -0.2) is 9.13 Å². The largest absolute Gasteiger partial charge is 0.472 e. The van der Waals surface area contributed by atoms with E-state index >= 15 is 0 Å². The van der Waals surface area contributed by atoms with Gasteiger partial charge in [-0.3, -0.25) is 32.5 Å². The Labute approximate surface area is 638 Å². The van der Waals surface area contributed by atoms with Crippen LogP contribution in [0.2, 0.25) is 0 Å². The van der Waals surface area contributed by atoms with Crippen LogP contribution in [-0.2, 0) is 55.8 Å². The highest BCUT2D eigenvalue weighted by atomic mass is 31.2. The minimum atomic E-state index is -4.95. The predicted molar refractivity (Wildman–Crippen MR) is 435 cm³/mol. The molecule has 0 amide bonds. The molecular formula is C87H146O16P2. The van der Waals surface area contributed by atoms with E-state index in [0.29, 0.717) is 19.3 Å². The van der Waals surface area contributed by atoms with Gasteiger partial charge in [0.1, 0.15) is 25.4 Å². The molecule has 0 aromatic carbocycles. The Balaban J connectivity index is 4.54. The van der Waals surface area contributed by atoms with E-state index < -0.39 is 91.5 Å². The van der Waals surface area contributed by atoms with Crippen molar-refractivity contribution < 1.29 is 75.8 Å². The van der Waals surface area contributed by atoms with Gasteiger partial charge in [-0.15, -0.1) is 0 Å². The fourth-order valence-electron chi connectivity index (χ4n) is 10.6. The highest BCUT2D eigenvalue weighted by molar-refractivity contribution is 7.47. The minimum absolute atomic E-state index is 0.0783. The van der Waals surface area contributed by atoms with Crippen molar-refractivity contribution in [2.75, 3.05) is 39.6 Å². The van der Waals surface area contributed by atoms with Crippen molar-refractivity contribution in [1.29, 1.82) is 0 Å². The third kappa shape index (κ3) is 80.0. The molecule has 0 aliphatic rings. The van der Waals surface area contributed by atoms with Gasteiger partial charge < -0.3 is 34.2 Å². The van der Waals surface area contributed by atoms with E-state index in [1.165, 1.54) is 96.3 Å². The Morgan fingerprint density at radius 2 is 0.505 bits per heavy atom. The molecule has 16 nitrogen and oxygen atoms in total. The molecule has 0 aromatic heterocycles. The lowest BCUT2D eigenvalue weighted by Crippen LogP contribution is -2.30. The molecule has 0 saturated heterocycles. The lowest BCUT2D eigenvalue weighted by Gasteiger charge is -2.21. The van der Waals surface area contributed by atoms with Gasteiger partial charge in [-0.1, -0.05) is 307 Å². The van der Waals surface area contributed by atoms with Gasteiger partial charge >= 0.3 is 33.6 Å². The summed E-state index contributed by atoms with van der Waals surface area (Å²) in [6.07, 6.45) is 98.7. The molecule has 0 aliphatic carbocycles. The van der Waals surface area contributed by atoms with Crippen molar-refractivity contribution in [3.63, 3.8) is 0 Å². The molecule has 0 aromatic rings. The third-order valence-corrected chi connectivity index (χ3v) is 18.6. The SMILES string of the molecule is CC/C=C\C/C=C\C/C=C\C/C=C\C/C=C\C/C=C\CCCCCCC(=O)OCC(COP(=O)(O)OCC(O)COP(=O)(O)OCC(O)COC(=O)CCCCCCCCCCCCCCCCC/C=C\C/C=C\C/C=C\C/C=C\C/C=C\CC)OC(=O)CCCCCCC/C=C\C/C=C\CCCCC. The summed E-state index contributed by atoms with van der Waals surface area (Å²) in [5.74, 6) is -1.62. The van der Waals surface area contributed by atoms with Gasteiger partial charge in [0.2, 0.25) is 0 Å². The molecule has 18 heteroatoms. The molecule has 105 heavy (non-hydrogen) atoms. The Hall–Kier alpha value is -4.83. The van der Waals surface area contributed by atoms with E-state index in [0.717, 1.165) is 161 Å². The summed E-state index contributed by atoms with van der Waals surface area (Å²) < 4.78 is 61.2. The van der Waals surface area contributed by atoms with Crippen LogP contribution in [0.1, 0.15) is 316 Å². The molecule has 0 aliphatic heterocycles. The van der Waals surface area contributed by atoms with Crippen LogP contribution >= 0.6 is 15.6 Å². The van der Waals surface area contributed by atoms with Crippen molar-refractivity contribution in [2.45, 2.75) is 334 Å². The van der Waals surface area contributed by atoms with Crippen LogP contribution in [0.25, 0.3) is 0 Å². The van der Waals surface area contributed by atoms with E-state index in [-0.39, 0.29) is 19.3 Å². The predicted octanol–water partition coefficient (Wildman–Crippen LogP) is 24.2. The highest BCUT2D eigenvalue weighted by Crippen LogP contribution is 2.45. The fourth-order valence-corrected chi connectivity index (χ4v) is 12.2. The van der Waals surface area contributed by atoms with Crippen molar-refractivity contribution >= 4 is 33.6 Å². The van der Waals surface area contributed by atoms with Crippen LogP contribution in [0.3, 0.4) is 0 Å². The molecule has 0 spiro atoms. The molecule has 0 rings (SSSR count). The summed E-state index contributed by atoms with van der Waals surface area (Å²) in [4.78, 5) is 58.7. The van der Waals surface area contributed by atoms with Gasteiger partial charge in [-0.05, 0) is 148 Å². The second-order valence-corrected chi connectivity index (χ2v) is 29.7. The quantitative estimate of drug-likeness (QED) is 0.0146. The number of aliphatic hydroxyl groups excluding tert-OH is 2. The molecule has 4 N–H and O–H groups in total. The average Bonchev–Trinajstić information content (AvgIpc) is 0.920. The molecule has 0 fully saturated rings. The third-order valence-electron chi connectivity index (χ3n) is 16.7. The van der Waals surface area contributed by atoms with Crippen LogP contribution < -0.4 is 0 Å². The first-order valence-electron chi connectivity index (χ1n) is 40.8. The second-order valence-electron chi connectivity index (χ2n) is 26.8. The smallest absolute Gasteiger partial charge is 0.463 e. The van der Waals surface area contributed by atoms with Crippen LogP contribution in [-0.4, -0.2) is 95.9 Å². The maximum atomic E-state index is 13.0. The second kappa shape index (κ2) is 78.7. The van der Waals surface area contributed by atoms with Crippen molar-refractivity contribution in [1.82, 2.24) is 0 Å². The minimum Gasteiger partial charge on any atom is -0.463 e. The summed E-state index contributed by atoms with van der Waals surface area (Å²) in [5, 5.41) is 20.7. The first kappa shape index (κ1) is 100. The number of phosphoric acid groups is 2. The van der Waals surface area contributed by atoms with Crippen molar-refractivity contribution in [2.24, 2.45) is 0 Å². The fraction of sp³-hybridized carbons (Fsp3) is 0.667. The Kier molecular flexibility index (Phi) is 75.1. The summed E-state index contributed by atoms with van der Waals surface area (Å²) >= 11 is 0. The van der Waals surface area contributed by atoms with Crippen LogP contribution in [0.4, 0.5) is 0 Å². The van der Waals surface area contributed by atoms with Gasteiger partial charge in [-0.2, -0.15) is 0 Å². The first-order chi connectivity index (χ1) is 51.2. The van der Waals surface area contributed by atoms with Crippen LogP contribution in [0.5, 0.6) is 0 Å². The Bertz CT molecular complexity index is 2540. The first-order valence-corrected chi connectivity index (χ1v) is 43.8. The van der Waals surface area contributed by atoms with Crippen molar-refractivity contribution in [3.05, 3.63) is 158 Å². The number of allylic oxidation sites excluding steroid dienone is 26. The summed E-state index contributed by atoms with van der Waals surface area (Å²) in [7, 11) is -9.81. The molecular weight excluding hydrogens is 1360 g/mol. The zero-order valence-corrected chi connectivity index (χ0v) is 67.4. The van der Waals surface area contributed by atoms with Crippen LogP contribution in [0.15, 0.2) is 158 Å². The normalized spacial score (nSPS) is 14.8. The molecule has 600 valence electrons. The van der Waals surface area contributed by atoms with E-state index in [1.807, 2.05) is 0 Å². The van der Waals surface area contributed by atoms with Crippen LogP contribution in [0, 0.1) is 0 Å². The molecule has 5 atom stereocenters. The Morgan fingerprint density at radius 1 is 0.276 bits per heavy atom. The number of hydrogen-bond donors (Lipinski definition) is 4. The van der Waals surface area contributed by atoms with Gasteiger partial charge in [0, 0.05) is 19.3 Å². The van der Waals surface area contributed by atoms with Gasteiger partial charge in [0.15, 0.2) is 6.10 Å². The zero-order chi connectivity index (χ0) is 76.6. The standard InChI is InChI=1S/C87H146O16P2/c1-4-7-10-13-16-19-22-25-28-30-32-34-36-37-38-39-40-41-42-43-45-47-48-50-53-55-58-61-64-67-70-73-85(90)97-76-82(88)77-99-104(93,94)100-78-83(89)79-101-105(95,96)102-81-84(103-87(92)75-72-69-66-63-60-57-52-27-24-21-18-15-12-9-6-3)80-98-86(91)74-71-68-65-62-59-56-54-51-49-46-44-35-33-31-29-26-23-20-17-14-11-8-5-2/h7-8,10-11,16-21,25-29,32-35,37-38,46,49,52,54,56,82-84,88-89H,4-6,9,12-15,22-24,30-31,36,39-45,47-48,50-51,53,55,57-81H2,1-3H3,(H,93,94)(H,95,96)/b10-7-,11-8-,19-16-,20-17-,21-18-,28-25-,29-26-,34-32-,35-33-,38-37-,49-46-,52-27-,56-54-. The Morgan fingerprint density at radius 3 is 0.800 bits per heavy atom. The number of carbonyl (C=O) groups is 3. The number of carbonyl (C=O) groups excluding carboxylic acids is 3. The number of unbranched alkanes of at least 4 members (excludes halogenated alkanes) is 27.